The number of hydrogen-bond acceptors (Lipinski definition) is 4. The van der Waals surface area contributed by atoms with E-state index in [0.717, 1.165) is 49.3 Å². The molecule has 0 radical (unpaired) electrons. The van der Waals surface area contributed by atoms with Crippen molar-refractivity contribution in [2.45, 2.75) is 63.4 Å². The molecule has 4 rings (SSSR count). The molecule has 1 aliphatic heterocycles. The van der Waals surface area contributed by atoms with Gasteiger partial charge in [0.05, 0.1) is 6.10 Å². The maximum absolute atomic E-state index is 12.8. The number of nitrogens with zero attached hydrogens (tertiary/aromatic N) is 2. The second-order valence-corrected chi connectivity index (χ2v) is 7.74. The van der Waals surface area contributed by atoms with Crippen LogP contribution in [0.15, 0.2) is 22.6 Å². The SMILES string of the molecule is CN(C[C@H]1CCCCO1)C(=O)c1ccc2nc(C3CCCCC3)oc2c1. The molecule has 0 spiro atoms. The first-order valence-electron chi connectivity index (χ1n) is 9.98. The maximum atomic E-state index is 12.8. The number of carbonyl (C=O) groups excluding carboxylic acids is 1. The van der Waals surface area contributed by atoms with Gasteiger partial charge in [-0.3, -0.25) is 4.79 Å². The van der Waals surface area contributed by atoms with E-state index in [1.54, 1.807) is 4.90 Å². The molecular formula is C21H28N2O3. The van der Waals surface area contributed by atoms with Gasteiger partial charge in [0.15, 0.2) is 11.5 Å². The zero-order chi connectivity index (χ0) is 17.9. The Morgan fingerprint density at radius 2 is 1.96 bits per heavy atom. The predicted molar refractivity (Wildman–Crippen MR) is 100 cm³/mol. The van der Waals surface area contributed by atoms with Gasteiger partial charge in [0, 0.05) is 31.7 Å². The number of ether oxygens (including phenoxy) is 1. The molecule has 2 fully saturated rings. The third-order valence-electron chi connectivity index (χ3n) is 5.70. The van der Waals surface area contributed by atoms with Crippen LogP contribution in [0.5, 0.6) is 0 Å². The third kappa shape index (κ3) is 3.78. The first-order chi connectivity index (χ1) is 12.7. The van der Waals surface area contributed by atoms with Crippen LogP contribution in [0, 0.1) is 0 Å². The van der Waals surface area contributed by atoms with Gasteiger partial charge in [0.1, 0.15) is 5.52 Å². The molecule has 1 saturated heterocycles. The van der Waals surface area contributed by atoms with Gasteiger partial charge in [-0.15, -0.1) is 0 Å². The van der Waals surface area contributed by atoms with E-state index in [4.69, 9.17) is 9.15 Å². The molecule has 5 nitrogen and oxygen atoms in total. The van der Waals surface area contributed by atoms with Crippen molar-refractivity contribution < 1.29 is 13.9 Å². The van der Waals surface area contributed by atoms with E-state index in [9.17, 15) is 4.79 Å². The molecule has 0 N–H and O–H groups in total. The maximum Gasteiger partial charge on any atom is 0.253 e. The number of oxazole rings is 1. The van der Waals surface area contributed by atoms with Crippen molar-refractivity contribution in [2.75, 3.05) is 20.2 Å². The Bertz CT molecular complexity index is 758. The van der Waals surface area contributed by atoms with E-state index in [-0.39, 0.29) is 12.0 Å². The highest BCUT2D eigenvalue weighted by Crippen LogP contribution is 2.33. The molecule has 1 aromatic heterocycles. The molecule has 0 bridgehead atoms. The van der Waals surface area contributed by atoms with E-state index in [1.807, 2.05) is 25.2 Å². The monoisotopic (exact) mass is 356 g/mol. The molecule has 0 unspecified atom stereocenters. The largest absolute Gasteiger partial charge is 0.440 e. The zero-order valence-electron chi connectivity index (χ0n) is 15.6. The van der Waals surface area contributed by atoms with Crippen molar-refractivity contribution in [1.29, 1.82) is 0 Å². The van der Waals surface area contributed by atoms with E-state index < -0.39 is 0 Å². The molecule has 140 valence electrons. The van der Waals surface area contributed by atoms with Crippen LogP contribution in [-0.2, 0) is 4.74 Å². The first kappa shape index (κ1) is 17.5. The summed E-state index contributed by atoms with van der Waals surface area (Å²) in [6.45, 7) is 1.45. The van der Waals surface area contributed by atoms with Gasteiger partial charge < -0.3 is 14.1 Å². The average molecular weight is 356 g/mol. The second-order valence-electron chi connectivity index (χ2n) is 7.74. The number of carbonyl (C=O) groups is 1. The Morgan fingerprint density at radius 3 is 2.73 bits per heavy atom. The lowest BCUT2D eigenvalue weighted by Gasteiger charge is -2.27. The van der Waals surface area contributed by atoms with Gasteiger partial charge >= 0.3 is 0 Å². The summed E-state index contributed by atoms with van der Waals surface area (Å²) in [5, 5.41) is 0. The summed E-state index contributed by atoms with van der Waals surface area (Å²) in [7, 11) is 1.85. The van der Waals surface area contributed by atoms with Gasteiger partial charge in [0.25, 0.3) is 5.91 Å². The van der Waals surface area contributed by atoms with Crippen molar-refractivity contribution in [1.82, 2.24) is 9.88 Å². The molecule has 1 aliphatic carbocycles. The van der Waals surface area contributed by atoms with E-state index in [1.165, 1.54) is 25.7 Å². The minimum Gasteiger partial charge on any atom is -0.440 e. The first-order valence-corrected chi connectivity index (χ1v) is 9.98. The lowest BCUT2D eigenvalue weighted by molar-refractivity contribution is -0.000185. The highest BCUT2D eigenvalue weighted by Gasteiger charge is 2.23. The van der Waals surface area contributed by atoms with Crippen LogP contribution in [0.1, 0.15) is 73.5 Å². The zero-order valence-corrected chi connectivity index (χ0v) is 15.6. The number of likely N-dealkylation sites (N-methyl/N-ethyl adjacent to an activating group) is 1. The third-order valence-corrected chi connectivity index (χ3v) is 5.70. The Kier molecular flexibility index (Phi) is 5.25. The second kappa shape index (κ2) is 7.78. The van der Waals surface area contributed by atoms with E-state index >= 15 is 0 Å². The fraction of sp³-hybridized carbons (Fsp3) is 0.619. The smallest absolute Gasteiger partial charge is 0.253 e. The normalized spacial score (nSPS) is 21.8. The van der Waals surface area contributed by atoms with Gasteiger partial charge in [-0.1, -0.05) is 19.3 Å². The quantitative estimate of drug-likeness (QED) is 0.808. The average Bonchev–Trinajstić information content (AvgIpc) is 3.12. The summed E-state index contributed by atoms with van der Waals surface area (Å²) in [6, 6.07) is 5.61. The van der Waals surface area contributed by atoms with Crippen LogP contribution >= 0.6 is 0 Å². The molecule has 1 atom stereocenters. The minimum absolute atomic E-state index is 0.0108. The molecule has 2 aliphatic rings. The number of fused-ring (bicyclic) bond motifs is 1. The van der Waals surface area contributed by atoms with Crippen molar-refractivity contribution in [3.63, 3.8) is 0 Å². The fourth-order valence-corrected chi connectivity index (χ4v) is 4.16. The number of aromatic nitrogens is 1. The topological polar surface area (TPSA) is 55.6 Å². The summed E-state index contributed by atoms with van der Waals surface area (Å²) in [5.41, 5.74) is 2.22. The molecular weight excluding hydrogens is 328 g/mol. The van der Waals surface area contributed by atoms with Crippen LogP contribution in [0.25, 0.3) is 11.1 Å². The highest BCUT2D eigenvalue weighted by molar-refractivity contribution is 5.96. The lowest BCUT2D eigenvalue weighted by atomic mass is 9.89. The van der Waals surface area contributed by atoms with Crippen LogP contribution < -0.4 is 0 Å². The lowest BCUT2D eigenvalue weighted by Crippen LogP contribution is -2.37. The fourth-order valence-electron chi connectivity index (χ4n) is 4.16. The van der Waals surface area contributed by atoms with Crippen molar-refractivity contribution in [3.8, 4) is 0 Å². The van der Waals surface area contributed by atoms with Gasteiger partial charge in [-0.05, 0) is 50.3 Å². The predicted octanol–water partition coefficient (Wildman–Crippen LogP) is 4.52. The Balaban J connectivity index is 1.47. The van der Waals surface area contributed by atoms with Gasteiger partial charge in [-0.2, -0.15) is 0 Å². The Morgan fingerprint density at radius 1 is 1.15 bits per heavy atom. The van der Waals surface area contributed by atoms with Gasteiger partial charge in [-0.25, -0.2) is 4.98 Å². The summed E-state index contributed by atoms with van der Waals surface area (Å²) >= 11 is 0. The van der Waals surface area contributed by atoms with Crippen LogP contribution in [0.4, 0.5) is 0 Å². The summed E-state index contributed by atoms with van der Waals surface area (Å²) in [6.07, 6.45) is 9.62. The number of amides is 1. The van der Waals surface area contributed by atoms with Crippen LogP contribution in [-0.4, -0.2) is 42.1 Å². The molecule has 1 amide bonds. The highest BCUT2D eigenvalue weighted by atomic mass is 16.5. The van der Waals surface area contributed by atoms with Crippen LogP contribution in [0.2, 0.25) is 0 Å². The van der Waals surface area contributed by atoms with Gasteiger partial charge in [0.2, 0.25) is 0 Å². The van der Waals surface area contributed by atoms with Crippen molar-refractivity contribution >= 4 is 17.0 Å². The van der Waals surface area contributed by atoms with Crippen LogP contribution in [0.3, 0.4) is 0 Å². The summed E-state index contributed by atoms with van der Waals surface area (Å²) < 4.78 is 11.8. The standard InChI is InChI=1S/C21H28N2O3/c1-23(14-17-9-5-6-12-25-17)21(24)16-10-11-18-19(13-16)26-20(22-18)15-7-3-2-4-8-15/h10-11,13,15,17H,2-9,12,14H2,1H3/t17-/m1/s1. The van der Waals surface area contributed by atoms with Crippen molar-refractivity contribution in [3.05, 3.63) is 29.7 Å². The summed E-state index contributed by atoms with van der Waals surface area (Å²) in [4.78, 5) is 19.2. The summed E-state index contributed by atoms with van der Waals surface area (Å²) in [5.74, 6) is 1.28. The van der Waals surface area contributed by atoms with E-state index in [2.05, 4.69) is 4.98 Å². The molecule has 2 heterocycles. The molecule has 5 heteroatoms. The Labute approximate surface area is 154 Å². The minimum atomic E-state index is 0.0108. The number of benzene rings is 1. The van der Waals surface area contributed by atoms with Crippen molar-refractivity contribution in [2.24, 2.45) is 0 Å². The molecule has 1 saturated carbocycles. The molecule has 26 heavy (non-hydrogen) atoms. The number of rotatable bonds is 4. The van der Waals surface area contributed by atoms with E-state index in [0.29, 0.717) is 18.0 Å². The number of hydrogen-bond donors (Lipinski definition) is 0. The Hall–Kier alpha value is -1.88. The molecule has 1 aromatic carbocycles. The molecule has 2 aromatic rings.